The number of ether oxygens (including phenoxy) is 1. The SMILES string of the molecule is CC1(C)CC(NC(=O)Oc2ccc(Cc3ccc(N=C=O)cc3)cc2)CC(C)(C)N1O. The number of piperidine rings is 1. The van der Waals surface area contributed by atoms with Crippen molar-refractivity contribution in [1.29, 1.82) is 0 Å². The predicted molar refractivity (Wildman–Crippen MR) is 117 cm³/mol. The lowest BCUT2D eigenvalue weighted by atomic mass is 9.79. The second kappa shape index (κ2) is 9.02. The number of carbonyl (C=O) groups excluding carboxylic acids is 2. The summed E-state index contributed by atoms with van der Waals surface area (Å²) in [5.41, 5.74) is 1.83. The van der Waals surface area contributed by atoms with Crippen LogP contribution in [-0.4, -0.2) is 39.6 Å². The van der Waals surface area contributed by atoms with Crippen LogP contribution >= 0.6 is 0 Å². The quantitative estimate of drug-likeness (QED) is 0.535. The molecule has 0 bridgehead atoms. The molecule has 0 saturated carbocycles. The molecule has 164 valence electrons. The van der Waals surface area contributed by atoms with Crippen molar-refractivity contribution in [2.24, 2.45) is 4.99 Å². The van der Waals surface area contributed by atoms with Crippen LogP contribution in [0.5, 0.6) is 5.75 Å². The molecule has 7 nitrogen and oxygen atoms in total. The van der Waals surface area contributed by atoms with Crippen LogP contribution in [0.15, 0.2) is 53.5 Å². The van der Waals surface area contributed by atoms with Crippen LogP contribution < -0.4 is 10.1 Å². The molecule has 1 fully saturated rings. The number of carbonyl (C=O) groups is 1. The number of hydrogen-bond acceptors (Lipinski definition) is 6. The first-order valence-electron chi connectivity index (χ1n) is 10.3. The Labute approximate surface area is 182 Å². The molecule has 0 radical (unpaired) electrons. The van der Waals surface area contributed by atoms with Gasteiger partial charge < -0.3 is 15.3 Å². The van der Waals surface area contributed by atoms with E-state index in [2.05, 4.69) is 10.3 Å². The van der Waals surface area contributed by atoms with Crippen LogP contribution in [0.4, 0.5) is 10.5 Å². The highest BCUT2D eigenvalue weighted by Crippen LogP contribution is 2.36. The summed E-state index contributed by atoms with van der Waals surface area (Å²) in [5, 5.41) is 14.7. The van der Waals surface area contributed by atoms with Crippen LogP contribution in [0, 0.1) is 0 Å². The summed E-state index contributed by atoms with van der Waals surface area (Å²) in [6, 6.07) is 14.6. The first kappa shape index (κ1) is 22.7. The molecule has 0 aliphatic carbocycles. The highest BCUT2D eigenvalue weighted by atomic mass is 16.6. The third-order valence-corrected chi connectivity index (χ3v) is 5.61. The maximum absolute atomic E-state index is 12.4. The fraction of sp³-hybridized carbons (Fsp3) is 0.417. The molecule has 1 amide bonds. The van der Waals surface area contributed by atoms with Crippen molar-refractivity contribution >= 4 is 17.9 Å². The molecule has 2 aromatic rings. The summed E-state index contributed by atoms with van der Waals surface area (Å²) in [4.78, 5) is 26.3. The molecule has 1 heterocycles. The van der Waals surface area contributed by atoms with E-state index >= 15 is 0 Å². The van der Waals surface area contributed by atoms with Gasteiger partial charge in [0, 0.05) is 17.1 Å². The van der Waals surface area contributed by atoms with Gasteiger partial charge in [-0.3, -0.25) is 0 Å². The van der Waals surface area contributed by atoms with Crippen LogP contribution in [0.2, 0.25) is 0 Å². The second-order valence-electron chi connectivity index (χ2n) is 9.27. The zero-order valence-corrected chi connectivity index (χ0v) is 18.4. The average Bonchev–Trinajstić information content (AvgIpc) is 2.69. The van der Waals surface area contributed by atoms with Gasteiger partial charge in [-0.1, -0.05) is 24.3 Å². The lowest BCUT2D eigenvalue weighted by Crippen LogP contribution is -2.63. The van der Waals surface area contributed by atoms with Gasteiger partial charge in [0.05, 0.1) is 5.69 Å². The Hall–Kier alpha value is -2.99. The first-order chi connectivity index (χ1) is 14.6. The topological polar surface area (TPSA) is 91.2 Å². The number of amides is 1. The Morgan fingerprint density at radius 2 is 1.58 bits per heavy atom. The molecule has 2 aromatic carbocycles. The fourth-order valence-corrected chi connectivity index (χ4v) is 4.33. The van der Waals surface area contributed by atoms with Gasteiger partial charge in [-0.15, -0.1) is 0 Å². The van der Waals surface area contributed by atoms with E-state index in [1.807, 2.05) is 52.0 Å². The van der Waals surface area contributed by atoms with Crippen LogP contribution in [0.25, 0.3) is 0 Å². The summed E-state index contributed by atoms with van der Waals surface area (Å²) in [7, 11) is 0. The number of aliphatic imine (C=N–C) groups is 1. The van der Waals surface area contributed by atoms with Crippen molar-refractivity contribution in [3.05, 3.63) is 59.7 Å². The highest BCUT2D eigenvalue weighted by Gasteiger charge is 2.45. The van der Waals surface area contributed by atoms with Gasteiger partial charge in [0.1, 0.15) is 5.75 Å². The predicted octanol–water partition coefficient (Wildman–Crippen LogP) is 4.74. The van der Waals surface area contributed by atoms with Gasteiger partial charge in [0.25, 0.3) is 0 Å². The summed E-state index contributed by atoms with van der Waals surface area (Å²) >= 11 is 0. The van der Waals surface area contributed by atoms with E-state index in [0.29, 0.717) is 30.7 Å². The normalized spacial score (nSPS) is 18.1. The number of nitrogens with zero attached hydrogens (tertiary/aromatic N) is 2. The molecule has 0 unspecified atom stereocenters. The maximum atomic E-state index is 12.4. The Morgan fingerprint density at radius 1 is 1.06 bits per heavy atom. The number of hydroxylamine groups is 2. The summed E-state index contributed by atoms with van der Waals surface area (Å²) in [6.07, 6.45) is 2.98. The smallest absolute Gasteiger partial charge is 0.410 e. The molecule has 1 aliphatic heterocycles. The zero-order chi connectivity index (χ0) is 22.6. The number of benzene rings is 2. The maximum Gasteiger partial charge on any atom is 0.412 e. The van der Waals surface area contributed by atoms with Crippen molar-refractivity contribution < 1.29 is 19.5 Å². The number of isocyanates is 1. The highest BCUT2D eigenvalue weighted by molar-refractivity contribution is 5.70. The summed E-state index contributed by atoms with van der Waals surface area (Å²) in [5.74, 6) is 0.468. The molecule has 0 spiro atoms. The minimum absolute atomic E-state index is 0.0910. The molecule has 0 aromatic heterocycles. The molecule has 31 heavy (non-hydrogen) atoms. The van der Waals surface area contributed by atoms with Crippen LogP contribution in [0.1, 0.15) is 51.7 Å². The molecule has 2 N–H and O–H groups in total. The second-order valence-corrected chi connectivity index (χ2v) is 9.27. The Bertz CT molecular complexity index is 943. The van der Waals surface area contributed by atoms with Gasteiger partial charge >= 0.3 is 6.09 Å². The van der Waals surface area contributed by atoms with Crippen molar-refractivity contribution in [3.63, 3.8) is 0 Å². The number of hydrogen-bond donors (Lipinski definition) is 2. The van der Waals surface area contributed by atoms with Crippen molar-refractivity contribution in [1.82, 2.24) is 10.4 Å². The number of nitrogens with one attached hydrogen (secondary N) is 1. The summed E-state index contributed by atoms with van der Waals surface area (Å²) in [6.45, 7) is 7.82. The fourth-order valence-electron chi connectivity index (χ4n) is 4.33. The van der Waals surface area contributed by atoms with E-state index in [4.69, 9.17) is 4.74 Å². The standard InChI is InChI=1S/C24H29N3O4/c1-23(2)14-20(15-24(3,4)27(23)30)26-22(29)31-21-11-7-18(8-12-21)13-17-5-9-19(10-6-17)25-16-28/h5-12,20,30H,13-15H2,1-4H3,(H,26,29). The van der Waals surface area contributed by atoms with Crippen LogP contribution in [-0.2, 0) is 11.2 Å². The van der Waals surface area contributed by atoms with Crippen LogP contribution in [0.3, 0.4) is 0 Å². The van der Waals surface area contributed by atoms with E-state index in [-0.39, 0.29) is 6.04 Å². The molecule has 3 rings (SSSR count). The van der Waals surface area contributed by atoms with Gasteiger partial charge in [0.2, 0.25) is 6.08 Å². The van der Waals surface area contributed by atoms with Gasteiger partial charge in [-0.25, -0.2) is 9.59 Å². The third kappa shape index (κ3) is 5.79. The Kier molecular flexibility index (Phi) is 6.60. The molecule has 1 aliphatic rings. The minimum atomic E-state index is -0.498. The van der Waals surface area contributed by atoms with Gasteiger partial charge in [-0.2, -0.15) is 10.1 Å². The molecular weight excluding hydrogens is 394 g/mol. The van der Waals surface area contributed by atoms with Gasteiger partial charge in [0.15, 0.2) is 0 Å². The summed E-state index contributed by atoms with van der Waals surface area (Å²) < 4.78 is 5.45. The first-order valence-corrected chi connectivity index (χ1v) is 10.3. The van der Waals surface area contributed by atoms with E-state index in [9.17, 15) is 14.8 Å². The molecule has 0 atom stereocenters. The van der Waals surface area contributed by atoms with Gasteiger partial charge in [-0.05, 0) is 82.3 Å². The van der Waals surface area contributed by atoms with Crippen molar-refractivity contribution in [3.8, 4) is 5.75 Å². The van der Waals surface area contributed by atoms with Crippen molar-refractivity contribution in [2.75, 3.05) is 0 Å². The van der Waals surface area contributed by atoms with E-state index in [1.54, 1.807) is 24.3 Å². The zero-order valence-electron chi connectivity index (χ0n) is 18.4. The third-order valence-electron chi connectivity index (χ3n) is 5.61. The minimum Gasteiger partial charge on any atom is -0.410 e. The van der Waals surface area contributed by atoms with E-state index in [0.717, 1.165) is 11.1 Å². The lowest BCUT2D eigenvalue weighted by molar-refractivity contribution is -0.245. The lowest BCUT2D eigenvalue weighted by Gasteiger charge is -2.51. The Balaban J connectivity index is 1.56. The van der Waals surface area contributed by atoms with E-state index < -0.39 is 17.2 Å². The molecular formula is C24H29N3O4. The molecule has 1 saturated heterocycles. The average molecular weight is 424 g/mol. The molecule has 7 heteroatoms. The van der Waals surface area contributed by atoms with Crippen molar-refractivity contribution in [2.45, 2.75) is 64.1 Å². The number of rotatable bonds is 5. The largest absolute Gasteiger partial charge is 0.412 e. The Morgan fingerprint density at radius 3 is 2.10 bits per heavy atom. The van der Waals surface area contributed by atoms with E-state index in [1.165, 1.54) is 11.1 Å². The monoisotopic (exact) mass is 423 g/mol.